The number of amides is 4. The van der Waals surface area contributed by atoms with Crippen molar-refractivity contribution in [3.05, 3.63) is 35.9 Å². The number of imide groups is 1. The van der Waals surface area contributed by atoms with Gasteiger partial charge in [-0.25, -0.2) is 4.79 Å². The molecule has 6 rings (SSSR count). The highest BCUT2D eigenvalue weighted by atomic mass is 16.5. The highest BCUT2D eigenvalue weighted by molar-refractivity contribution is 6.07. The zero-order chi connectivity index (χ0) is 29.1. The quantitative estimate of drug-likeness (QED) is 0.457. The summed E-state index contributed by atoms with van der Waals surface area (Å²) in [6.07, 6.45) is 4.95. The van der Waals surface area contributed by atoms with Crippen LogP contribution >= 0.6 is 0 Å². The molecular weight excluding hydrogens is 516 g/mol. The first-order valence-corrected chi connectivity index (χ1v) is 15.8. The normalized spacial score (nSPS) is 33.9. The van der Waals surface area contributed by atoms with Gasteiger partial charge in [0.1, 0.15) is 5.54 Å². The van der Waals surface area contributed by atoms with E-state index in [9.17, 15) is 14.4 Å². The standard InChI is InChI=1S/C33H48N4O4/c1-22(2)37-31(40)36(20-27-13-14-41-27)30(39)33(37)15-25-11-12-26(16-33)35(25)19-24-18-34(29(38)17-32(3,4)5)21-28(24)23-9-7-6-8-10-23/h6-10,22,24-28H,11-21H2,1-5H3/t24-,25?,26?,27?,28-,33?/m1/s1. The van der Waals surface area contributed by atoms with Gasteiger partial charge in [0.15, 0.2) is 0 Å². The Bertz CT molecular complexity index is 1150. The van der Waals surface area contributed by atoms with Crippen LogP contribution in [0.5, 0.6) is 0 Å². The lowest BCUT2D eigenvalue weighted by Gasteiger charge is -2.48. The van der Waals surface area contributed by atoms with Crippen molar-refractivity contribution < 1.29 is 19.1 Å². The predicted molar refractivity (Wildman–Crippen MR) is 157 cm³/mol. The third-order valence-corrected chi connectivity index (χ3v) is 10.3. The highest BCUT2D eigenvalue weighted by Gasteiger charge is 2.63. The van der Waals surface area contributed by atoms with Crippen LogP contribution in [0.4, 0.5) is 4.79 Å². The summed E-state index contributed by atoms with van der Waals surface area (Å²) in [4.78, 5) is 49.2. The van der Waals surface area contributed by atoms with E-state index < -0.39 is 5.54 Å². The van der Waals surface area contributed by atoms with E-state index in [1.165, 1.54) is 10.5 Å². The molecule has 5 saturated heterocycles. The second kappa shape index (κ2) is 10.7. The maximum Gasteiger partial charge on any atom is 0.327 e. The number of fused-ring (bicyclic) bond motifs is 2. The van der Waals surface area contributed by atoms with Gasteiger partial charge in [0.05, 0.1) is 12.6 Å². The number of carbonyl (C=O) groups excluding carboxylic acids is 3. The Labute approximate surface area is 245 Å². The van der Waals surface area contributed by atoms with Crippen molar-refractivity contribution in [2.75, 3.05) is 32.8 Å². The molecule has 2 bridgehead atoms. The number of hydrogen-bond donors (Lipinski definition) is 0. The van der Waals surface area contributed by atoms with Gasteiger partial charge in [0, 0.05) is 56.7 Å². The maximum atomic E-state index is 14.1. The minimum atomic E-state index is -0.749. The van der Waals surface area contributed by atoms with E-state index in [1.807, 2.05) is 18.7 Å². The molecule has 1 aromatic rings. The van der Waals surface area contributed by atoms with Crippen LogP contribution in [-0.4, -0.2) is 100.0 Å². The lowest BCUT2D eigenvalue weighted by molar-refractivity contribution is -0.141. The number of carbonyl (C=O) groups is 3. The smallest absolute Gasteiger partial charge is 0.327 e. The minimum Gasteiger partial charge on any atom is -0.376 e. The van der Waals surface area contributed by atoms with Crippen LogP contribution in [0.2, 0.25) is 0 Å². The van der Waals surface area contributed by atoms with Crippen molar-refractivity contribution in [2.45, 2.75) is 109 Å². The van der Waals surface area contributed by atoms with E-state index in [4.69, 9.17) is 4.74 Å². The molecule has 41 heavy (non-hydrogen) atoms. The predicted octanol–water partition coefficient (Wildman–Crippen LogP) is 4.49. The molecule has 5 atom stereocenters. The third kappa shape index (κ3) is 5.20. The first kappa shape index (κ1) is 28.7. The fourth-order valence-electron chi connectivity index (χ4n) is 8.42. The largest absolute Gasteiger partial charge is 0.376 e. The van der Waals surface area contributed by atoms with Crippen molar-refractivity contribution in [2.24, 2.45) is 11.3 Å². The Hall–Kier alpha value is -2.45. The summed E-state index contributed by atoms with van der Waals surface area (Å²) in [5, 5.41) is 0. The summed E-state index contributed by atoms with van der Waals surface area (Å²) in [7, 11) is 0. The van der Waals surface area contributed by atoms with Crippen molar-refractivity contribution in [3.63, 3.8) is 0 Å². The van der Waals surface area contributed by atoms with E-state index in [-0.39, 0.29) is 47.5 Å². The molecular formula is C33H48N4O4. The lowest BCUT2D eigenvalue weighted by Crippen LogP contribution is -2.62. The zero-order valence-electron chi connectivity index (χ0n) is 25.6. The fourth-order valence-corrected chi connectivity index (χ4v) is 8.42. The molecule has 0 radical (unpaired) electrons. The van der Waals surface area contributed by atoms with E-state index >= 15 is 0 Å². The van der Waals surface area contributed by atoms with Crippen molar-refractivity contribution >= 4 is 17.8 Å². The Morgan fingerprint density at radius 1 is 1.00 bits per heavy atom. The number of likely N-dealkylation sites (tertiary alicyclic amines) is 1. The summed E-state index contributed by atoms with van der Waals surface area (Å²) in [6.45, 7) is 14.0. The molecule has 5 heterocycles. The molecule has 1 spiro atoms. The summed E-state index contributed by atoms with van der Waals surface area (Å²) >= 11 is 0. The molecule has 3 unspecified atom stereocenters. The molecule has 0 N–H and O–H groups in total. The molecule has 5 aliphatic rings. The van der Waals surface area contributed by atoms with Crippen LogP contribution in [-0.2, 0) is 14.3 Å². The van der Waals surface area contributed by atoms with Crippen LogP contribution in [0, 0.1) is 11.3 Å². The molecule has 4 amide bonds. The summed E-state index contributed by atoms with van der Waals surface area (Å²) < 4.78 is 5.60. The molecule has 0 saturated carbocycles. The van der Waals surface area contributed by atoms with Gasteiger partial charge in [-0.1, -0.05) is 51.1 Å². The molecule has 8 heteroatoms. The van der Waals surface area contributed by atoms with E-state index in [0.29, 0.717) is 44.2 Å². The number of rotatable bonds is 7. The third-order valence-electron chi connectivity index (χ3n) is 10.3. The Morgan fingerprint density at radius 3 is 2.22 bits per heavy atom. The molecule has 0 aromatic heterocycles. The Morgan fingerprint density at radius 2 is 1.66 bits per heavy atom. The van der Waals surface area contributed by atoms with Crippen molar-refractivity contribution in [3.8, 4) is 0 Å². The fraction of sp³-hybridized carbons (Fsp3) is 0.727. The number of ether oxygens (including phenoxy) is 1. The number of urea groups is 1. The Kier molecular flexibility index (Phi) is 7.46. The number of nitrogens with zero attached hydrogens (tertiary/aromatic N) is 4. The second-order valence-corrected chi connectivity index (χ2v) is 14.8. The molecule has 1 aromatic carbocycles. The van der Waals surface area contributed by atoms with E-state index in [0.717, 1.165) is 38.9 Å². The van der Waals surface area contributed by atoms with Crippen LogP contribution in [0.1, 0.15) is 84.6 Å². The molecule has 5 aliphatic heterocycles. The van der Waals surface area contributed by atoms with Gasteiger partial charge in [-0.2, -0.15) is 0 Å². The van der Waals surface area contributed by atoms with E-state index in [1.54, 1.807) is 0 Å². The van der Waals surface area contributed by atoms with Crippen LogP contribution in [0.3, 0.4) is 0 Å². The van der Waals surface area contributed by atoms with Crippen LogP contribution in [0.25, 0.3) is 0 Å². The van der Waals surface area contributed by atoms with Gasteiger partial charge in [-0.3, -0.25) is 19.4 Å². The average Bonchev–Trinajstić information content (AvgIpc) is 3.46. The highest BCUT2D eigenvalue weighted by Crippen LogP contribution is 2.49. The number of hydrogen-bond acceptors (Lipinski definition) is 5. The van der Waals surface area contributed by atoms with Crippen LogP contribution in [0.15, 0.2) is 30.3 Å². The SMILES string of the molecule is CC(C)N1C(=O)N(CC2CCO2)C(=O)C12CC1CCC(C2)N1C[C@H]1CN(C(=O)CC(C)(C)C)C[C@@H]1c1ccccc1. The summed E-state index contributed by atoms with van der Waals surface area (Å²) in [5.41, 5.74) is 0.519. The zero-order valence-corrected chi connectivity index (χ0v) is 25.6. The van der Waals surface area contributed by atoms with Gasteiger partial charge in [0.25, 0.3) is 5.91 Å². The molecule has 224 valence electrons. The molecule has 0 aliphatic carbocycles. The first-order chi connectivity index (χ1) is 19.5. The molecule has 5 fully saturated rings. The van der Waals surface area contributed by atoms with E-state index in [2.05, 4.69) is 60.9 Å². The van der Waals surface area contributed by atoms with Crippen LogP contribution < -0.4 is 0 Å². The van der Waals surface area contributed by atoms with Gasteiger partial charge in [0.2, 0.25) is 5.91 Å². The minimum absolute atomic E-state index is 0.00905. The van der Waals surface area contributed by atoms with Gasteiger partial charge >= 0.3 is 6.03 Å². The Balaban J connectivity index is 1.22. The second-order valence-electron chi connectivity index (χ2n) is 14.8. The molecule has 8 nitrogen and oxygen atoms in total. The summed E-state index contributed by atoms with van der Waals surface area (Å²) in [5.74, 6) is 0.882. The van der Waals surface area contributed by atoms with Crippen molar-refractivity contribution in [1.82, 2.24) is 19.6 Å². The maximum absolute atomic E-state index is 14.1. The first-order valence-electron chi connectivity index (χ1n) is 15.8. The van der Waals surface area contributed by atoms with Gasteiger partial charge < -0.3 is 14.5 Å². The van der Waals surface area contributed by atoms with Gasteiger partial charge in [-0.05, 0) is 62.8 Å². The van der Waals surface area contributed by atoms with Crippen molar-refractivity contribution in [1.29, 1.82) is 0 Å². The number of piperidine rings is 1. The average molecular weight is 565 g/mol. The topological polar surface area (TPSA) is 73.4 Å². The van der Waals surface area contributed by atoms with Gasteiger partial charge in [-0.15, -0.1) is 0 Å². The lowest BCUT2D eigenvalue weighted by atomic mass is 9.79. The number of benzene rings is 1. The monoisotopic (exact) mass is 564 g/mol. The summed E-state index contributed by atoms with van der Waals surface area (Å²) in [6, 6.07) is 11.0.